The third-order valence-corrected chi connectivity index (χ3v) is 7.21. The maximum absolute atomic E-state index is 14.6. The van der Waals surface area contributed by atoms with Gasteiger partial charge < -0.3 is 14.2 Å². The van der Waals surface area contributed by atoms with Crippen molar-refractivity contribution < 1.29 is 22.5 Å². The van der Waals surface area contributed by atoms with Crippen molar-refractivity contribution in [2.75, 3.05) is 30.1 Å². The number of ether oxygens (including phenoxy) is 1. The van der Waals surface area contributed by atoms with Gasteiger partial charge in [0.15, 0.2) is 0 Å². The van der Waals surface area contributed by atoms with Crippen molar-refractivity contribution in [3.8, 4) is 5.75 Å². The summed E-state index contributed by atoms with van der Waals surface area (Å²) < 4.78 is 47.5. The molecule has 1 fully saturated rings. The fourth-order valence-electron chi connectivity index (χ4n) is 4.05. The van der Waals surface area contributed by atoms with Crippen molar-refractivity contribution in [2.24, 2.45) is 0 Å². The highest BCUT2D eigenvalue weighted by Gasteiger charge is 2.28. The first-order valence-electron chi connectivity index (χ1n) is 10.1. The molecular formula is C22H26F2N2O4S. The van der Waals surface area contributed by atoms with Crippen LogP contribution >= 0.6 is 0 Å². The highest BCUT2D eigenvalue weighted by Crippen LogP contribution is 2.31. The first kappa shape index (κ1) is 23.1. The largest absolute Gasteiger partial charge is 0.497 e. The zero-order valence-electron chi connectivity index (χ0n) is 17.8. The molecule has 0 N–H and O–H groups in total. The molecule has 1 amide bonds. The molecule has 3 unspecified atom stereocenters. The van der Waals surface area contributed by atoms with Gasteiger partial charge in [-0.05, 0) is 31.4 Å². The number of benzene rings is 1. The lowest BCUT2D eigenvalue weighted by molar-refractivity contribution is -0.107. The van der Waals surface area contributed by atoms with Crippen LogP contribution in [0.2, 0.25) is 0 Å². The van der Waals surface area contributed by atoms with E-state index in [1.54, 1.807) is 26.1 Å². The van der Waals surface area contributed by atoms with Gasteiger partial charge in [0, 0.05) is 64.7 Å². The fourth-order valence-corrected chi connectivity index (χ4v) is 5.51. The van der Waals surface area contributed by atoms with Crippen LogP contribution in [0.1, 0.15) is 42.9 Å². The molecule has 31 heavy (non-hydrogen) atoms. The normalized spacial score (nSPS) is 19.3. The van der Waals surface area contributed by atoms with E-state index in [9.17, 15) is 22.6 Å². The molecule has 1 aromatic carbocycles. The van der Waals surface area contributed by atoms with E-state index in [2.05, 4.69) is 0 Å². The van der Waals surface area contributed by atoms with E-state index < -0.39 is 28.4 Å². The van der Waals surface area contributed by atoms with E-state index in [1.165, 1.54) is 16.6 Å². The van der Waals surface area contributed by atoms with Crippen molar-refractivity contribution in [3.63, 3.8) is 0 Å². The predicted octanol–water partition coefficient (Wildman–Crippen LogP) is 3.29. The predicted molar refractivity (Wildman–Crippen MR) is 116 cm³/mol. The maximum Gasteiger partial charge on any atom is 0.275 e. The van der Waals surface area contributed by atoms with Crippen LogP contribution in [0.5, 0.6) is 5.75 Å². The third-order valence-electron chi connectivity index (χ3n) is 5.77. The Morgan fingerprint density at radius 2 is 2.03 bits per heavy atom. The summed E-state index contributed by atoms with van der Waals surface area (Å²) in [6.07, 6.45) is 3.14. The van der Waals surface area contributed by atoms with Crippen LogP contribution < -0.4 is 15.2 Å². The van der Waals surface area contributed by atoms with Crippen molar-refractivity contribution in [2.45, 2.75) is 38.6 Å². The number of rotatable bonds is 8. The van der Waals surface area contributed by atoms with Crippen LogP contribution in [0.15, 0.2) is 29.2 Å². The van der Waals surface area contributed by atoms with E-state index in [0.29, 0.717) is 36.3 Å². The molecule has 1 aliphatic rings. The van der Waals surface area contributed by atoms with Crippen molar-refractivity contribution in [1.82, 2.24) is 4.57 Å². The summed E-state index contributed by atoms with van der Waals surface area (Å²) in [6, 6.07) is 3.74. The summed E-state index contributed by atoms with van der Waals surface area (Å²) in [5.41, 5.74) is 0.234. The molecule has 1 aliphatic heterocycles. The van der Waals surface area contributed by atoms with Gasteiger partial charge in [-0.3, -0.25) is 13.8 Å². The van der Waals surface area contributed by atoms with E-state index in [1.807, 2.05) is 0 Å². The Morgan fingerprint density at radius 1 is 1.35 bits per heavy atom. The number of carbonyl (C=O) groups excluding carboxylic acids is 1. The Bertz CT molecular complexity index is 1030. The summed E-state index contributed by atoms with van der Waals surface area (Å²) in [5, 5.41) is 0. The van der Waals surface area contributed by atoms with E-state index in [4.69, 9.17) is 4.74 Å². The number of nitrogens with zero attached hydrogens (tertiary/aromatic N) is 2. The van der Waals surface area contributed by atoms with Crippen LogP contribution in [0.4, 0.5) is 14.5 Å². The first-order valence-corrected chi connectivity index (χ1v) is 11.6. The molecular weight excluding hydrogens is 426 g/mol. The number of aryl methyl sites for hydroxylation is 1. The number of hydrogen-bond acceptors (Lipinski definition) is 4. The third kappa shape index (κ3) is 4.71. The summed E-state index contributed by atoms with van der Waals surface area (Å²) in [4.78, 5) is 26.4. The molecule has 168 valence electrons. The van der Waals surface area contributed by atoms with E-state index in [-0.39, 0.29) is 35.1 Å². The van der Waals surface area contributed by atoms with Crippen LogP contribution in [0.3, 0.4) is 0 Å². The SMILES string of the molecule is CCC(CN(C=O)c1c(C)ccn(C2CCS(=O)C2)c1=O)c1c(F)cc(OC)cc1F. The Kier molecular flexibility index (Phi) is 7.25. The number of pyridine rings is 1. The summed E-state index contributed by atoms with van der Waals surface area (Å²) in [5.74, 6) is -1.19. The summed E-state index contributed by atoms with van der Waals surface area (Å²) in [6.45, 7) is 3.41. The number of anilines is 1. The number of halogens is 2. The molecule has 2 aromatic rings. The quantitative estimate of drug-likeness (QED) is 0.577. The Balaban J connectivity index is 1.98. The van der Waals surface area contributed by atoms with Gasteiger partial charge in [0.25, 0.3) is 5.56 Å². The minimum absolute atomic E-state index is 0.0587. The highest BCUT2D eigenvalue weighted by molar-refractivity contribution is 7.85. The van der Waals surface area contributed by atoms with Gasteiger partial charge in [-0.15, -0.1) is 0 Å². The average Bonchev–Trinajstić information content (AvgIpc) is 3.16. The van der Waals surface area contributed by atoms with E-state index >= 15 is 0 Å². The van der Waals surface area contributed by atoms with Crippen molar-refractivity contribution >= 4 is 22.9 Å². The minimum Gasteiger partial charge on any atom is -0.497 e. The highest BCUT2D eigenvalue weighted by atomic mass is 32.2. The molecule has 1 saturated heterocycles. The lowest BCUT2D eigenvalue weighted by atomic mass is 9.94. The van der Waals surface area contributed by atoms with Gasteiger partial charge >= 0.3 is 0 Å². The van der Waals surface area contributed by atoms with Gasteiger partial charge in [-0.1, -0.05) is 6.92 Å². The number of methoxy groups -OCH3 is 1. The molecule has 0 bridgehead atoms. The minimum atomic E-state index is -0.966. The second kappa shape index (κ2) is 9.72. The Morgan fingerprint density at radius 3 is 2.55 bits per heavy atom. The van der Waals surface area contributed by atoms with Gasteiger partial charge in [-0.2, -0.15) is 0 Å². The lowest BCUT2D eigenvalue weighted by Crippen LogP contribution is -2.36. The lowest BCUT2D eigenvalue weighted by Gasteiger charge is -2.26. The molecule has 1 aromatic heterocycles. The standard InChI is InChI=1S/C22H26F2N2O4S/c1-4-15(20-18(23)9-17(30-3)10-19(20)24)11-25(13-27)21-14(2)5-7-26(22(21)28)16-6-8-31(29)12-16/h5,7,9-10,13,15-16H,4,6,8,11-12H2,1-3H3. The molecule has 6 nitrogen and oxygen atoms in total. The maximum atomic E-state index is 14.6. The molecule has 3 rings (SSSR count). The molecule has 0 radical (unpaired) electrons. The zero-order valence-corrected chi connectivity index (χ0v) is 18.6. The van der Waals surface area contributed by atoms with Crippen LogP contribution in [-0.4, -0.2) is 40.3 Å². The number of amides is 1. The van der Waals surface area contributed by atoms with Gasteiger partial charge in [0.2, 0.25) is 6.41 Å². The number of aromatic nitrogens is 1. The van der Waals surface area contributed by atoms with Crippen molar-refractivity contribution in [3.05, 3.63) is 57.5 Å². The summed E-state index contributed by atoms with van der Waals surface area (Å²) >= 11 is 0. The van der Waals surface area contributed by atoms with Crippen LogP contribution in [0.25, 0.3) is 0 Å². The molecule has 0 spiro atoms. The smallest absolute Gasteiger partial charge is 0.275 e. The molecule has 0 aliphatic carbocycles. The van der Waals surface area contributed by atoms with E-state index in [0.717, 1.165) is 12.1 Å². The Labute approximate surface area is 182 Å². The monoisotopic (exact) mass is 452 g/mol. The number of hydrogen-bond donors (Lipinski definition) is 0. The average molecular weight is 453 g/mol. The second-order valence-corrected chi connectivity index (χ2v) is 9.30. The van der Waals surface area contributed by atoms with Gasteiger partial charge in [0.1, 0.15) is 23.1 Å². The van der Waals surface area contributed by atoms with Crippen LogP contribution in [-0.2, 0) is 15.6 Å². The Hall–Kier alpha value is -2.55. The zero-order chi connectivity index (χ0) is 22.7. The summed E-state index contributed by atoms with van der Waals surface area (Å²) in [7, 11) is 0.356. The second-order valence-electron chi connectivity index (χ2n) is 7.68. The van der Waals surface area contributed by atoms with Gasteiger partial charge in [-0.25, -0.2) is 8.78 Å². The first-order chi connectivity index (χ1) is 14.8. The van der Waals surface area contributed by atoms with Crippen LogP contribution in [0, 0.1) is 18.6 Å². The van der Waals surface area contributed by atoms with Gasteiger partial charge in [0.05, 0.1) is 7.11 Å². The fraction of sp³-hybridized carbons (Fsp3) is 0.455. The number of carbonyl (C=O) groups is 1. The molecule has 3 atom stereocenters. The molecule has 0 saturated carbocycles. The topological polar surface area (TPSA) is 68.6 Å². The van der Waals surface area contributed by atoms with Crippen molar-refractivity contribution in [1.29, 1.82) is 0 Å². The molecule has 2 heterocycles. The molecule has 9 heteroatoms.